The molecule has 9 aromatic rings. The van der Waals surface area contributed by atoms with Gasteiger partial charge in [-0.3, -0.25) is 4.98 Å². The zero-order chi connectivity index (χ0) is 29.0. The van der Waals surface area contributed by atoms with Gasteiger partial charge in [-0.15, -0.1) is 0 Å². The van der Waals surface area contributed by atoms with Gasteiger partial charge in [0.2, 0.25) is 0 Å². The number of aromatic nitrogens is 3. The van der Waals surface area contributed by atoms with E-state index in [2.05, 4.69) is 161 Å². The maximum absolute atomic E-state index is 4.88. The molecule has 0 spiro atoms. The number of rotatable bonds is 4. The van der Waals surface area contributed by atoms with Crippen LogP contribution >= 0.6 is 0 Å². The van der Waals surface area contributed by atoms with Crippen molar-refractivity contribution in [2.75, 3.05) is 0 Å². The number of pyridine rings is 1. The summed E-state index contributed by atoms with van der Waals surface area (Å²) in [6.45, 7) is 0. The van der Waals surface area contributed by atoms with Crippen LogP contribution in [0.2, 0.25) is 0 Å². The van der Waals surface area contributed by atoms with Gasteiger partial charge in [-0.2, -0.15) is 0 Å². The first-order valence-corrected chi connectivity index (χ1v) is 15.0. The van der Waals surface area contributed by atoms with E-state index >= 15 is 0 Å². The van der Waals surface area contributed by atoms with E-state index in [0.29, 0.717) is 0 Å². The Balaban J connectivity index is 1.24. The van der Waals surface area contributed by atoms with E-state index in [1.807, 2.05) is 12.3 Å². The highest BCUT2D eigenvalue weighted by atomic mass is 15.0. The van der Waals surface area contributed by atoms with Crippen molar-refractivity contribution in [2.45, 2.75) is 0 Å². The molecule has 6 aromatic carbocycles. The molecule has 9 rings (SSSR count). The molecule has 44 heavy (non-hydrogen) atoms. The molecule has 0 aliphatic carbocycles. The number of hydrogen-bond donors (Lipinski definition) is 0. The van der Waals surface area contributed by atoms with Crippen molar-refractivity contribution < 1.29 is 0 Å². The van der Waals surface area contributed by atoms with Gasteiger partial charge in [0.1, 0.15) is 0 Å². The molecule has 0 aliphatic rings. The molecular weight excluding hydrogens is 534 g/mol. The fourth-order valence-electron chi connectivity index (χ4n) is 6.75. The molecule has 0 radical (unpaired) electrons. The van der Waals surface area contributed by atoms with Crippen molar-refractivity contribution in [1.82, 2.24) is 14.1 Å². The fourth-order valence-corrected chi connectivity index (χ4v) is 6.75. The Morgan fingerprint density at radius 2 is 0.955 bits per heavy atom. The van der Waals surface area contributed by atoms with Gasteiger partial charge in [0.05, 0.1) is 27.6 Å². The van der Waals surface area contributed by atoms with Crippen molar-refractivity contribution in [3.8, 4) is 33.6 Å². The number of nitrogens with zero attached hydrogens (tertiary/aromatic N) is 3. The highest BCUT2D eigenvalue weighted by molar-refractivity contribution is 6.11. The predicted molar refractivity (Wildman–Crippen MR) is 184 cm³/mol. The number of benzene rings is 6. The van der Waals surface area contributed by atoms with Gasteiger partial charge in [0, 0.05) is 33.7 Å². The Morgan fingerprint density at radius 3 is 1.84 bits per heavy atom. The molecule has 0 saturated heterocycles. The van der Waals surface area contributed by atoms with Crippen LogP contribution in [0.3, 0.4) is 0 Å². The third-order valence-electron chi connectivity index (χ3n) is 8.75. The third-order valence-corrected chi connectivity index (χ3v) is 8.75. The largest absolute Gasteiger partial charge is 0.309 e. The molecule has 0 unspecified atom stereocenters. The summed E-state index contributed by atoms with van der Waals surface area (Å²) in [5.41, 5.74) is 12.7. The van der Waals surface area contributed by atoms with Gasteiger partial charge < -0.3 is 9.13 Å². The second-order valence-corrected chi connectivity index (χ2v) is 11.3. The van der Waals surface area contributed by atoms with E-state index in [1.165, 1.54) is 44.1 Å². The van der Waals surface area contributed by atoms with E-state index < -0.39 is 0 Å². The zero-order valence-corrected chi connectivity index (χ0v) is 23.9. The summed E-state index contributed by atoms with van der Waals surface area (Å²) in [5.74, 6) is 0. The summed E-state index contributed by atoms with van der Waals surface area (Å²) in [7, 11) is 0. The van der Waals surface area contributed by atoms with E-state index in [-0.39, 0.29) is 0 Å². The third kappa shape index (κ3) is 3.80. The molecule has 0 bridgehead atoms. The molecule has 0 atom stereocenters. The first kappa shape index (κ1) is 24.6. The predicted octanol–water partition coefficient (Wildman–Crippen LogP) is 10.6. The summed E-state index contributed by atoms with van der Waals surface area (Å²) >= 11 is 0. The maximum atomic E-state index is 4.88. The molecule has 206 valence electrons. The Hall–Kier alpha value is -5.93. The molecule has 0 fully saturated rings. The lowest BCUT2D eigenvalue weighted by Gasteiger charge is -2.11. The molecule has 0 saturated carbocycles. The summed E-state index contributed by atoms with van der Waals surface area (Å²) < 4.78 is 4.71. The molecule has 3 aromatic heterocycles. The summed E-state index contributed by atoms with van der Waals surface area (Å²) in [6, 6.07) is 56.5. The fraction of sp³-hybridized carbons (Fsp3) is 0. The normalized spacial score (nSPS) is 11.6. The van der Waals surface area contributed by atoms with Gasteiger partial charge in [-0.1, -0.05) is 97.1 Å². The average molecular weight is 562 g/mol. The van der Waals surface area contributed by atoms with E-state index in [4.69, 9.17) is 4.98 Å². The Bertz CT molecular complexity index is 2480. The lowest BCUT2D eigenvalue weighted by molar-refractivity contribution is 1.18. The summed E-state index contributed by atoms with van der Waals surface area (Å²) in [4.78, 5) is 4.88. The van der Waals surface area contributed by atoms with E-state index in [9.17, 15) is 0 Å². The van der Waals surface area contributed by atoms with Crippen LogP contribution < -0.4 is 0 Å². The van der Waals surface area contributed by atoms with Crippen LogP contribution in [0.25, 0.3) is 77.4 Å². The summed E-state index contributed by atoms with van der Waals surface area (Å²) in [5, 5.41) is 3.66. The molecule has 3 heterocycles. The number of fused-ring (bicyclic) bond motifs is 6. The molecule has 3 heteroatoms. The highest BCUT2D eigenvalue weighted by Crippen LogP contribution is 2.38. The van der Waals surface area contributed by atoms with Crippen LogP contribution in [0, 0.1) is 0 Å². The van der Waals surface area contributed by atoms with Crippen LogP contribution in [0.4, 0.5) is 0 Å². The second kappa shape index (κ2) is 9.82. The van der Waals surface area contributed by atoms with Crippen molar-refractivity contribution in [2.24, 2.45) is 0 Å². The Kier molecular flexibility index (Phi) is 5.50. The van der Waals surface area contributed by atoms with Crippen molar-refractivity contribution in [3.05, 3.63) is 164 Å². The van der Waals surface area contributed by atoms with Gasteiger partial charge in [-0.05, 0) is 82.9 Å². The minimum absolute atomic E-state index is 1.01. The summed E-state index contributed by atoms with van der Waals surface area (Å²) in [6.07, 6.45) is 1.89. The number of hydrogen-bond acceptors (Lipinski definition) is 1. The van der Waals surface area contributed by atoms with Crippen molar-refractivity contribution in [1.29, 1.82) is 0 Å². The van der Waals surface area contributed by atoms with Gasteiger partial charge in [-0.25, -0.2) is 0 Å². The van der Waals surface area contributed by atoms with Crippen LogP contribution in [0.1, 0.15) is 0 Å². The minimum Gasteiger partial charge on any atom is -0.309 e. The number of para-hydroxylation sites is 2. The first-order chi connectivity index (χ1) is 21.8. The van der Waals surface area contributed by atoms with Crippen molar-refractivity contribution in [3.63, 3.8) is 0 Å². The van der Waals surface area contributed by atoms with E-state index in [1.54, 1.807) is 0 Å². The lowest BCUT2D eigenvalue weighted by Crippen LogP contribution is -1.94. The quantitative estimate of drug-likeness (QED) is 0.210. The monoisotopic (exact) mass is 561 g/mol. The Morgan fingerprint density at radius 1 is 0.341 bits per heavy atom. The topological polar surface area (TPSA) is 22.8 Å². The van der Waals surface area contributed by atoms with E-state index in [0.717, 1.165) is 33.3 Å². The smallest absolute Gasteiger partial charge is 0.0963 e. The molecular formula is C41H27N3. The molecule has 3 nitrogen and oxygen atoms in total. The van der Waals surface area contributed by atoms with Crippen LogP contribution in [-0.4, -0.2) is 14.1 Å². The Labute approximate surface area is 254 Å². The minimum atomic E-state index is 1.01. The SMILES string of the molecule is c1ccc(-c2cccc(-n3c4ccc(-c5ccc6c7ccccc7n(-c7ccccc7)c6c5)cc4c4ncccc43)c2)cc1. The lowest BCUT2D eigenvalue weighted by atomic mass is 10.0. The molecule has 0 amide bonds. The van der Waals surface area contributed by atoms with Crippen LogP contribution in [-0.2, 0) is 0 Å². The second-order valence-electron chi connectivity index (χ2n) is 11.3. The maximum Gasteiger partial charge on any atom is 0.0963 e. The average Bonchev–Trinajstić information content (AvgIpc) is 3.61. The van der Waals surface area contributed by atoms with Crippen molar-refractivity contribution >= 4 is 43.7 Å². The standard InChI is InChI=1S/C41H27N3/c1-3-11-28(12-4-1)29-13-9-16-33(25-29)44-38-23-21-30(26-36(38)41-39(44)19-10-24-42-41)31-20-22-35-34-17-7-8-18-37(34)43(40(35)27-31)32-14-5-2-6-15-32/h1-27H. The highest BCUT2D eigenvalue weighted by Gasteiger charge is 2.16. The van der Waals surface area contributed by atoms with Gasteiger partial charge in [0.25, 0.3) is 0 Å². The molecule has 0 aliphatic heterocycles. The van der Waals surface area contributed by atoms with Gasteiger partial charge in [0.15, 0.2) is 0 Å². The van der Waals surface area contributed by atoms with Gasteiger partial charge >= 0.3 is 0 Å². The van der Waals surface area contributed by atoms with Crippen LogP contribution in [0.15, 0.2) is 164 Å². The molecule has 0 N–H and O–H groups in total. The zero-order valence-electron chi connectivity index (χ0n) is 23.9. The first-order valence-electron chi connectivity index (χ1n) is 15.0. The van der Waals surface area contributed by atoms with Crippen LogP contribution in [0.5, 0.6) is 0 Å².